The monoisotopic (exact) mass is 538 g/mol. The molecule has 204 valence electrons. The van der Waals surface area contributed by atoms with Gasteiger partial charge in [-0.25, -0.2) is 4.79 Å². The minimum absolute atomic E-state index is 0.0932. The molecule has 1 aromatic heterocycles. The van der Waals surface area contributed by atoms with Gasteiger partial charge in [0.25, 0.3) is 11.6 Å². The molecule has 0 atom stereocenters. The highest BCUT2D eigenvalue weighted by Gasteiger charge is 2.26. The molecule has 0 aliphatic carbocycles. The second-order valence-electron chi connectivity index (χ2n) is 10.3. The Labute approximate surface area is 231 Å². The third kappa shape index (κ3) is 5.02. The van der Waals surface area contributed by atoms with Gasteiger partial charge >= 0.3 is 5.63 Å². The fourth-order valence-electron chi connectivity index (χ4n) is 5.68. The molecule has 3 heterocycles. The van der Waals surface area contributed by atoms with Gasteiger partial charge in [0, 0.05) is 62.0 Å². The summed E-state index contributed by atoms with van der Waals surface area (Å²) in [4.78, 5) is 43.6. The van der Waals surface area contributed by atoms with Crippen molar-refractivity contribution in [3.05, 3.63) is 98.9 Å². The number of para-hydroxylation sites is 1. The van der Waals surface area contributed by atoms with E-state index in [9.17, 15) is 19.7 Å². The quantitative estimate of drug-likeness (QED) is 0.193. The molecule has 0 spiro atoms. The number of piperazine rings is 1. The second-order valence-corrected chi connectivity index (χ2v) is 10.3. The molecule has 40 heavy (non-hydrogen) atoms. The first kappa shape index (κ1) is 25.6. The average molecular weight is 539 g/mol. The molecule has 0 saturated carbocycles. The van der Waals surface area contributed by atoms with E-state index in [-0.39, 0.29) is 16.5 Å². The fourth-order valence-corrected chi connectivity index (χ4v) is 5.68. The number of hydrogen-bond acceptors (Lipinski definition) is 7. The number of carbonyl (C=O) groups is 1. The number of carbonyl (C=O) groups excluding carboxylic acids is 1. The first-order valence-electron chi connectivity index (χ1n) is 13.7. The smallest absolute Gasteiger partial charge is 0.344 e. The molecule has 0 bridgehead atoms. The Morgan fingerprint density at radius 2 is 1.57 bits per heavy atom. The van der Waals surface area contributed by atoms with E-state index in [1.165, 1.54) is 0 Å². The van der Waals surface area contributed by atoms with E-state index >= 15 is 0 Å². The summed E-state index contributed by atoms with van der Waals surface area (Å²) in [5.74, 6) is -0.0932. The van der Waals surface area contributed by atoms with Crippen LogP contribution in [0.15, 0.2) is 82.0 Å². The molecular formula is C31H30N4O5. The number of fused-ring (bicyclic) bond motifs is 1. The molecule has 0 N–H and O–H groups in total. The van der Waals surface area contributed by atoms with E-state index in [4.69, 9.17) is 4.42 Å². The fraction of sp³-hybridized carbons (Fsp3) is 0.290. The van der Waals surface area contributed by atoms with Gasteiger partial charge in [0.05, 0.1) is 10.5 Å². The summed E-state index contributed by atoms with van der Waals surface area (Å²) in [6.07, 6.45) is 3.22. The summed E-state index contributed by atoms with van der Waals surface area (Å²) in [6, 6.07) is 21.6. The number of nitro benzene ring substituents is 1. The Morgan fingerprint density at radius 1 is 0.800 bits per heavy atom. The number of nitro groups is 1. The SMILES string of the molecule is O=C(c1cccc(-c2cc3ccccc3oc2=O)c1)N1CCN(c2ccc([N+](=O)[O-])c(N3CCCCC3)c2)CC1. The summed E-state index contributed by atoms with van der Waals surface area (Å²) in [5, 5.41) is 12.5. The molecule has 0 unspecified atom stereocenters. The zero-order valence-electron chi connectivity index (χ0n) is 22.1. The van der Waals surface area contributed by atoms with E-state index in [1.807, 2.05) is 41.3 Å². The number of rotatable bonds is 5. The van der Waals surface area contributed by atoms with Gasteiger partial charge < -0.3 is 19.1 Å². The molecule has 6 rings (SSSR count). The van der Waals surface area contributed by atoms with Gasteiger partial charge in [-0.1, -0.05) is 30.3 Å². The van der Waals surface area contributed by atoms with Crippen LogP contribution in [-0.2, 0) is 0 Å². The maximum atomic E-state index is 13.4. The predicted octanol–water partition coefficient (Wildman–Crippen LogP) is 5.32. The van der Waals surface area contributed by atoms with Crippen LogP contribution in [0.5, 0.6) is 0 Å². The standard InChI is InChI=1S/C31H30N4O5/c36-30(24-9-6-8-22(19-24)26-20-23-7-2-3-10-29(23)40-31(26)37)34-17-15-32(16-18-34)25-11-12-27(35(38)39)28(21-25)33-13-4-1-5-14-33/h2-3,6-12,19-21H,1,4-5,13-18H2. The largest absolute Gasteiger partial charge is 0.422 e. The van der Waals surface area contributed by atoms with E-state index < -0.39 is 5.63 Å². The third-order valence-corrected chi connectivity index (χ3v) is 7.85. The van der Waals surface area contributed by atoms with Crippen LogP contribution < -0.4 is 15.4 Å². The first-order chi connectivity index (χ1) is 19.5. The van der Waals surface area contributed by atoms with Crippen LogP contribution >= 0.6 is 0 Å². The molecule has 1 amide bonds. The molecule has 2 aliphatic rings. The highest BCUT2D eigenvalue weighted by molar-refractivity contribution is 5.96. The van der Waals surface area contributed by atoms with Crippen LogP contribution in [0.4, 0.5) is 17.1 Å². The van der Waals surface area contributed by atoms with Crippen molar-refractivity contribution in [3.63, 3.8) is 0 Å². The summed E-state index contributed by atoms with van der Waals surface area (Å²) in [7, 11) is 0. The third-order valence-electron chi connectivity index (χ3n) is 7.85. The van der Waals surface area contributed by atoms with Crippen molar-refractivity contribution >= 4 is 33.9 Å². The molecule has 9 heteroatoms. The zero-order valence-corrected chi connectivity index (χ0v) is 22.1. The van der Waals surface area contributed by atoms with Crippen molar-refractivity contribution in [3.8, 4) is 11.1 Å². The van der Waals surface area contributed by atoms with Crippen molar-refractivity contribution in [1.29, 1.82) is 0 Å². The van der Waals surface area contributed by atoms with E-state index in [0.29, 0.717) is 54.1 Å². The summed E-state index contributed by atoms with van der Waals surface area (Å²) in [6.45, 7) is 3.95. The van der Waals surface area contributed by atoms with Crippen molar-refractivity contribution in [2.24, 2.45) is 0 Å². The maximum absolute atomic E-state index is 13.4. The van der Waals surface area contributed by atoms with Gasteiger partial charge in [-0.2, -0.15) is 0 Å². The Bertz CT molecular complexity index is 1630. The second kappa shape index (κ2) is 10.8. The Balaban J connectivity index is 1.18. The number of anilines is 2. The minimum Gasteiger partial charge on any atom is -0.422 e. The lowest BCUT2D eigenvalue weighted by atomic mass is 10.0. The van der Waals surface area contributed by atoms with Gasteiger partial charge in [0.2, 0.25) is 0 Å². The lowest BCUT2D eigenvalue weighted by Crippen LogP contribution is -2.48. The Hall–Kier alpha value is -4.66. The van der Waals surface area contributed by atoms with Crippen molar-refractivity contribution in [1.82, 2.24) is 4.90 Å². The number of nitrogens with zero attached hydrogens (tertiary/aromatic N) is 4. The van der Waals surface area contributed by atoms with Gasteiger partial charge in [0.1, 0.15) is 11.3 Å². The molecule has 4 aromatic rings. The van der Waals surface area contributed by atoms with E-state index in [0.717, 1.165) is 43.4 Å². The topological polar surface area (TPSA) is 100 Å². The van der Waals surface area contributed by atoms with Crippen molar-refractivity contribution in [2.45, 2.75) is 19.3 Å². The summed E-state index contributed by atoms with van der Waals surface area (Å²) in [5.41, 5.74) is 3.40. The molecule has 3 aromatic carbocycles. The number of piperidine rings is 1. The van der Waals surface area contributed by atoms with Gasteiger partial charge in [-0.3, -0.25) is 14.9 Å². The molecule has 0 radical (unpaired) electrons. The molecule has 2 fully saturated rings. The van der Waals surface area contributed by atoms with Gasteiger partial charge in [0.15, 0.2) is 0 Å². The Kier molecular flexibility index (Phi) is 6.94. The van der Waals surface area contributed by atoms with Crippen molar-refractivity contribution < 1.29 is 14.1 Å². The normalized spacial score (nSPS) is 15.8. The zero-order chi connectivity index (χ0) is 27.6. The van der Waals surface area contributed by atoms with Crippen LogP contribution in [0, 0.1) is 10.1 Å². The number of amides is 1. The van der Waals surface area contributed by atoms with Crippen LogP contribution in [0.25, 0.3) is 22.1 Å². The highest BCUT2D eigenvalue weighted by Crippen LogP contribution is 2.34. The maximum Gasteiger partial charge on any atom is 0.344 e. The molecular weight excluding hydrogens is 508 g/mol. The first-order valence-corrected chi connectivity index (χ1v) is 13.7. The highest BCUT2D eigenvalue weighted by atomic mass is 16.6. The lowest BCUT2D eigenvalue weighted by molar-refractivity contribution is -0.384. The average Bonchev–Trinajstić information content (AvgIpc) is 3.00. The van der Waals surface area contributed by atoms with Crippen LogP contribution in [0.1, 0.15) is 29.6 Å². The van der Waals surface area contributed by atoms with Gasteiger partial charge in [-0.15, -0.1) is 0 Å². The number of benzene rings is 3. The molecule has 2 aliphatic heterocycles. The lowest BCUT2D eigenvalue weighted by Gasteiger charge is -2.37. The van der Waals surface area contributed by atoms with E-state index in [1.54, 1.807) is 36.4 Å². The van der Waals surface area contributed by atoms with Crippen LogP contribution in [-0.4, -0.2) is 55.0 Å². The van der Waals surface area contributed by atoms with Crippen LogP contribution in [0.2, 0.25) is 0 Å². The Morgan fingerprint density at radius 3 is 2.35 bits per heavy atom. The van der Waals surface area contributed by atoms with E-state index in [2.05, 4.69) is 9.80 Å². The van der Waals surface area contributed by atoms with Crippen molar-refractivity contribution in [2.75, 3.05) is 49.1 Å². The number of hydrogen-bond donors (Lipinski definition) is 0. The molecule has 2 saturated heterocycles. The predicted molar refractivity (Wildman–Crippen MR) is 155 cm³/mol. The minimum atomic E-state index is -0.441. The van der Waals surface area contributed by atoms with Crippen LogP contribution in [0.3, 0.4) is 0 Å². The van der Waals surface area contributed by atoms with Gasteiger partial charge in [-0.05, 0) is 61.2 Å². The molecule has 9 nitrogen and oxygen atoms in total. The summed E-state index contributed by atoms with van der Waals surface area (Å²) >= 11 is 0. The summed E-state index contributed by atoms with van der Waals surface area (Å²) < 4.78 is 5.49.